The summed E-state index contributed by atoms with van der Waals surface area (Å²) in [6.45, 7) is 4.90. The Morgan fingerprint density at radius 2 is 2.00 bits per heavy atom. The molecule has 2 aliphatic heterocycles. The van der Waals surface area contributed by atoms with Crippen LogP contribution in [0.15, 0.2) is 24.3 Å². The number of carbonyl (C=O) groups is 1. The van der Waals surface area contributed by atoms with Crippen molar-refractivity contribution in [3.05, 3.63) is 24.3 Å². The van der Waals surface area contributed by atoms with E-state index >= 15 is 0 Å². The van der Waals surface area contributed by atoms with Crippen LogP contribution < -0.4 is 15.5 Å². The Bertz CT molecular complexity index is 502. The summed E-state index contributed by atoms with van der Waals surface area (Å²) in [5.74, 6) is 0. The quantitative estimate of drug-likeness (QED) is 0.895. The Kier molecular flexibility index (Phi) is 4.01. The Morgan fingerprint density at radius 3 is 2.62 bits per heavy atom. The lowest BCUT2D eigenvalue weighted by Crippen LogP contribution is -2.42. The van der Waals surface area contributed by atoms with E-state index in [0.717, 1.165) is 31.0 Å². The molecule has 0 saturated carbocycles. The van der Waals surface area contributed by atoms with E-state index in [1.807, 2.05) is 12.1 Å². The summed E-state index contributed by atoms with van der Waals surface area (Å²) in [4.78, 5) is 15.8. The molecule has 0 aliphatic carbocycles. The van der Waals surface area contributed by atoms with Crippen LogP contribution >= 0.6 is 0 Å². The van der Waals surface area contributed by atoms with Crippen molar-refractivity contribution in [3.8, 4) is 0 Å². The van der Waals surface area contributed by atoms with Gasteiger partial charge in [-0.3, -0.25) is 4.90 Å². The van der Waals surface area contributed by atoms with E-state index in [0.29, 0.717) is 12.1 Å². The number of nitrogens with zero attached hydrogens (tertiary/aromatic N) is 2. The van der Waals surface area contributed by atoms with Gasteiger partial charge in [0, 0.05) is 43.1 Å². The van der Waals surface area contributed by atoms with E-state index in [2.05, 4.69) is 41.6 Å². The molecule has 0 bridgehead atoms. The standard InChI is InChI=1S/C16H24N4O/c1-12-11-14(7-9-19(12)2)18-13-3-5-15(6-4-13)20-10-8-17-16(20)21/h3-6,12,14,18H,7-11H2,1-2H3,(H,17,21). The van der Waals surface area contributed by atoms with Crippen molar-refractivity contribution in [2.75, 3.05) is 36.9 Å². The molecule has 2 saturated heterocycles. The SMILES string of the molecule is CC1CC(Nc2ccc(N3CCNC3=O)cc2)CCN1C. The number of nitrogens with one attached hydrogen (secondary N) is 2. The molecule has 2 unspecified atom stereocenters. The Balaban J connectivity index is 1.61. The van der Waals surface area contributed by atoms with Crippen LogP contribution in [0, 0.1) is 0 Å². The number of hydrogen-bond donors (Lipinski definition) is 2. The van der Waals surface area contributed by atoms with Gasteiger partial charge in [0.15, 0.2) is 0 Å². The third-order valence-electron chi connectivity index (χ3n) is 4.61. The molecule has 0 spiro atoms. The molecule has 2 aliphatic rings. The second-order valence-corrected chi connectivity index (χ2v) is 6.13. The van der Waals surface area contributed by atoms with Crippen LogP contribution in [0.5, 0.6) is 0 Å². The number of carbonyl (C=O) groups excluding carboxylic acids is 1. The number of hydrogen-bond acceptors (Lipinski definition) is 3. The summed E-state index contributed by atoms with van der Waals surface area (Å²) >= 11 is 0. The van der Waals surface area contributed by atoms with Gasteiger partial charge in [0.1, 0.15) is 0 Å². The van der Waals surface area contributed by atoms with Gasteiger partial charge in [-0.1, -0.05) is 0 Å². The number of benzene rings is 1. The molecule has 5 heteroatoms. The molecule has 1 aromatic carbocycles. The summed E-state index contributed by atoms with van der Waals surface area (Å²) in [6, 6.07) is 9.35. The van der Waals surface area contributed by atoms with Gasteiger partial charge >= 0.3 is 6.03 Å². The minimum atomic E-state index is -0.000137. The fourth-order valence-corrected chi connectivity index (χ4v) is 3.11. The highest BCUT2D eigenvalue weighted by atomic mass is 16.2. The minimum Gasteiger partial charge on any atom is -0.382 e. The molecule has 0 radical (unpaired) electrons. The number of rotatable bonds is 3. The van der Waals surface area contributed by atoms with Crippen LogP contribution in [0.2, 0.25) is 0 Å². The molecule has 0 aromatic heterocycles. The van der Waals surface area contributed by atoms with E-state index in [1.165, 1.54) is 12.8 Å². The van der Waals surface area contributed by atoms with Gasteiger partial charge in [0.2, 0.25) is 0 Å². The van der Waals surface area contributed by atoms with Gasteiger partial charge in [-0.05, 0) is 51.1 Å². The van der Waals surface area contributed by atoms with Crippen LogP contribution in [0.3, 0.4) is 0 Å². The number of likely N-dealkylation sites (tertiary alicyclic amines) is 1. The Hall–Kier alpha value is -1.75. The second kappa shape index (κ2) is 5.93. The molecule has 5 nitrogen and oxygen atoms in total. The molecular formula is C16H24N4O. The number of piperidine rings is 1. The topological polar surface area (TPSA) is 47.6 Å². The summed E-state index contributed by atoms with van der Waals surface area (Å²) < 4.78 is 0. The van der Waals surface area contributed by atoms with Crippen LogP contribution in [0.4, 0.5) is 16.2 Å². The van der Waals surface area contributed by atoms with Crippen molar-refractivity contribution < 1.29 is 4.79 Å². The molecule has 2 heterocycles. The van der Waals surface area contributed by atoms with E-state index in [-0.39, 0.29) is 6.03 Å². The molecule has 1 aromatic rings. The fraction of sp³-hybridized carbons (Fsp3) is 0.562. The summed E-state index contributed by atoms with van der Waals surface area (Å²) in [6.07, 6.45) is 2.35. The van der Waals surface area contributed by atoms with Crippen molar-refractivity contribution in [3.63, 3.8) is 0 Å². The van der Waals surface area contributed by atoms with Gasteiger partial charge < -0.3 is 15.5 Å². The highest BCUT2D eigenvalue weighted by Gasteiger charge is 2.23. The van der Waals surface area contributed by atoms with Crippen molar-refractivity contribution in [1.82, 2.24) is 10.2 Å². The lowest BCUT2D eigenvalue weighted by Gasteiger charge is -2.35. The zero-order valence-corrected chi connectivity index (χ0v) is 12.8. The second-order valence-electron chi connectivity index (χ2n) is 6.13. The first-order chi connectivity index (χ1) is 10.1. The molecule has 21 heavy (non-hydrogen) atoms. The van der Waals surface area contributed by atoms with E-state index in [1.54, 1.807) is 4.90 Å². The predicted octanol–water partition coefficient (Wildman–Crippen LogP) is 2.11. The normalized spacial score (nSPS) is 26.8. The number of anilines is 2. The smallest absolute Gasteiger partial charge is 0.321 e. The maximum atomic E-state index is 11.6. The monoisotopic (exact) mass is 288 g/mol. The third-order valence-corrected chi connectivity index (χ3v) is 4.61. The Morgan fingerprint density at radius 1 is 1.24 bits per heavy atom. The molecule has 2 amide bonds. The average Bonchev–Trinajstić information content (AvgIpc) is 2.90. The first kappa shape index (κ1) is 14.2. The van der Waals surface area contributed by atoms with Crippen molar-refractivity contribution in [2.24, 2.45) is 0 Å². The molecule has 114 valence electrons. The van der Waals surface area contributed by atoms with Crippen LogP contribution in [-0.2, 0) is 0 Å². The molecule has 3 rings (SSSR count). The highest BCUT2D eigenvalue weighted by Crippen LogP contribution is 2.23. The lowest BCUT2D eigenvalue weighted by molar-refractivity contribution is 0.190. The average molecular weight is 288 g/mol. The van der Waals surface area contributed by atoms with Crippen molar-refractivity contribution in [2.45, 2.75) is 31.8 Å². The largest absolute Gasteiger partial charge is 0.382 e. The maximum Gasteiger partial charge on any atom is 0.321 e. The maximum absolute atomic E-state index is 11.6. The minimum absolute atomic E-state index is 0.000137. The van der Waals surface area contributed by atoms with E-state index in [9.17, 15) is 4.79 Å². The zero-order chi connectivity index (χ0) is 14.8. The van der Waals surface area contributed by atoms with Crippen LogP contribution in [0.1, 0.15) is 19.8 Å². The summed E-state index contributed by atoms with van der Waals surface area (Å²) in [5, 5.41) is 6.44. The highest BCUT2D eigenvalue weighted by molar-refractivity contribution is 5.94. The van der Waals surface area contributed by atoms with Gasteiger partial charge in [0.25, 0.3) is 0 Å². The van der Waals surface area contributed by atoms with Crippen molar-refractivity contribution in [1.29, 1.82) is 0 Å². The van der Waals surface area contributed by atoms with E-state index < -0.39 is 0 Å². The molecule has 2 N–H and O–H groups in total. The van der Waals surface area contributed by atoms with Crippen molar-refractivity contribution >= 4 is 17.4 Å². The molecule has 2 fully saturated rings. The van der Waals surface area contributed by atoms with E-state index in [4.69, 9.17) is 0 Å². The first-order valence-electron chi connectivity index (χ1n) is 7.75. The summed E-state index contributed by atoms with van der Waals surface area (Å²) in [7, 11) is 2.19. The number of amides is 2. The number of urea groups is 1. The first-order valence-corrected chi connectivity index (χ1v) is 7.75. The van der Waals surface area contributed by atoms with Crippen LogP contribution in [0.25, 0.3) is 0 Å². The van der Waals surface area contributed by atoms with Gasteiger partial charge in [-0.15, -0.1) is 0 Å². The summed E-state index contributed by atoms with van der Waals surface area (Å²) in [5.41, 5.74) is 2.10. The third kappa shape index (κ3) is 3.13. The fourth-order valence-electron chi connectivity index (χ4n) is 3.11. The zero-order valence-electron chi connectivity index (χ0n) is 12.8. The lowest BCUT2D eigenvalue weighted by atomic mass is 9.98. The Labute approximate surface area is 126 Å². The van der Waals surface area contributed by atoms with Crippen LogP contribution in [-0.4, -0.2) is 49.7 Å². The molecular weight excluding hydrogens is 264 g/mol. The molecule has 2 atom stereocenters. The van der Waals surface area contributed by atoms with Gasteiger partial charge in [0.05, 0.1) is 0 Å². The predicted molar refractivity (Wildman–Crippen MR) is 85.9 cm³/mol. The van der Waals surface area contributed by atoms with Gasteiger partial charge in [-0.2, -0.15) is 0 Å². The van der Waals surface area contributed by atoms with Gasteiger partial charge in [-0.25, -0.2) is 4.79 Å².